The largest absolute Gasteiger partial charge is 0.353 e. The minimum atomic E-state index is -0.309. The number of carbonyl (C=O) groups is 1. The number of aromatic nitrogens is 4. The molecule has 0 saturated carbocycles. The van der Waals surface area contributed by atoms with Crippen LogP contribution in [-0.4, -0.2) is 31.1 Å². The SMILES string of the molecule is CCC(C)NC(=O)Cc1c(C)n(Cc2ccccc2)c2nc(-c3ccccc3)nn2c1=O. The second kappa shape index (κ2) is 9.18. The Morgan fingerprint density at radius 1 is 1.06 bits per heavy atom. The first kappa shape index (κ1) is 21.5. The third-order valence-corrected chi connectivity index (χ3v) is 5.70. The van der Waals surface area contributed by atoms with Gasteiger partial charge in [0.1, 0.15) is 0 Å². The molecular weight excluding hydrogens is 402 g/mol. The molecule has 2 aromatic carbocycles. The Kier molecular flexibility index (Phi) is 6.16. The van der Waals surface area contributed by atoms with Crippen molar-refractivity contribution in [3.8, 4) is 11.4 Å². The van der Waals surface area contributed by atoms with Crippen molar-refractivity contribution < 1.29 is 4.79 Å². The zero-order valence-corrected chi connectivity index (χ0v) is 18.6. The molecule has 4 rings (SSSR count). The smallest absolute Gasteiger partial charge is 0.279 e. The number of amides is 1. The normalized spacial score (nSPS) is 12.1. The summed E-state index contributed by atoms with van der Waals surface area (Å²) >= 11 is 0. The lowest BCUT2D eigenvalue weighted by atomic mass is 10.1. The molecule has 2 heterocycles. The summed E-state index contributed by atoms with van der Waals surface area (Å²) in [6.45, 7) is 6.34. The van der Waals surface area contributed by atoms with Gasteiger partial charge in [-0.05, 0) is 25.8 Å². The van der Waals surface area contributed by atoms with E-state index in [2.05, 4.69) is 10.4 Å². The molecule has 1 amide bonds. The van der Waals surface area contributed by atoms with Gasteiger partial charge in [0.05, 0.1) is 13.0 Å². The lowest BCUT2D eigenvalue weighted by Gasteiger charge is -2.16. The second-order valence-electron chi connectivity index (χ2n) is 8.01. The summed E-state index contributed by atoms with van der Waals surface area (Å²) in [5.41, 5.74) is 2.74. The fourth-order valence-corrected chi connectivity index (χ4v) is 3.67. The van der Waals surface area contributed by atoms with Crippen LogP contribution in [-0.2, 0) is 17.8 Å². The molecule has 0 aliphatic heterocycles. The molecule has 7 heteroatoms. The summed E-state index contributed by atoms with van der Waals surface area (Å²) in [6, 6.07) is 19.6. The van der Waals surface area contributed by atoms with Crippen molar-refractivity contribution in [1.29, 1.82) is 0 Å². The van der Waals surface area contributed by atoms with Crippen LogP contribution in [0, 0.1) is 6.92 Å². The van der Waals surface area contributed by atoms with Crippen molar-refractivity contribution in [2.24, 2.45) is 0 Å². The molecular formula is C25H27N5O2. The number of hydrogen-bond donors (Lipinski definition) is 1. The van der Waals surface area contributed by atoms with Crippen LogP contribution >= 0.6 is 0 Å². The van der Waals surface area contributed by atoms with Crippen LogP contribution in [0.3, 0.4) is 0 Å². The molecule has 4 aromatic rings. The van der Waals surface area contributed by atoms with Crippen molar-refractivity contribution in [2.45, 2.75) is 46.2 Å². The van der Waals surface area contributed by atoms with Gasteiger partial charge in [-0.1, -0.05) is 67.6 Å². The average Bonchev–Trinajstić information content (AvgIpc) is 3.26. The highest BCUT2D eigenvalue weighted by Crippen LogP contribution is 2.18. The number of rotatable bonds is 7. The highest BCUT2D eigenvalue weighted by molar-refractivity contribution is 5.79. The predicted octanol–water partition coefficient (Wildman–Crippen LogP) is 3.37. The monoisotopic (exact) mass is 429 g/mol. The Balaban J connectivity index is 1.86. The number of benzene rings is 2. The van der Waals surface area contributed by atoms with Crippen LogP contribution in [0.15, 0.2) is 65.5 Å². The Hall–Kier alpha value is -3.74. The van der Waals surface area contributed by atoms with Crippen molar-refractivity contribution >= 4 is 11.7 Å². The first-order valence-corrected chi connectivity index (χ1v) is 10.9. The van der Waals surface area contributed by atoms with Crippen molar-refractivity contribution in [3.05, 3.63) is 87.8 Å². The Morgan fingerprint density at radius 2 is 1.72 bits per heavy atom. The first-order chi connectivity index (χ1) is 15.5. The third-order valence-electron chi connectivity index (χ3n) is 5.70. The summed E-state index contributed by atoms with van der Waals surface area (Å²) in [5.74, 6) is 0.764. The summed E-state index contributed by atoms with van der Waals surface area (Å²) in [5, 5.41) is 7.46. The maximum atomic E-state index is 13.4. The minimum absolute atomic E-state index is 0.000265. The molecule has 0 saturated heterocycles. The van der Waals surface area contributed by atoms with Gasteiger partial charge in [-0.15, -0.1) is 5.10 Å². The molecule has 0 aliphatic rings. The molecule has 0 fully saturated rings. The van der Waals surface area contributed by atoms with E-state index in [-0.39, 0.29) is 23.9 Å². The van der Waals surface area contributed by atoms with Crippen LogP contribution in [0.2, 0.25) is 0 Å². The van der Waals surface area contributed by atoms with Gasteiger partial charge in [-0.25, -0.2) is 0 Å². The molecule has 0 radical (unpaired) electrons. The standard InChI is InChI=1S/C25H27N5O2/c1-4-17(2)26-22(31)15-21-18(3)29(16-19-11-7-5-8-12-19)25-27-23(28-30(25)24(21)32)20-13-9-6-10-14-20/h5-14,17H,4,15-16H2,1-3H3,(H,26,31). The van der Waals surface area contributed by atoms with Crippen LogP contribution in [0.5, 0.6) is 0 Å². The fourth-order valence-electron chi connectivity index (χ4n) is 3.67. The molecule has 164 valence electrons. The minimum Gasteiger partial charge on any atom is -0.353 e. The number of hydrogen-bond acceptors (Lipinski definition) is 4. The van der Waals surface area contributed by atoms with E-state index in [1.165, 1.54) is 4.52 Å². The van der Waals surface area contributed by atoms with E-state index in [4.69, 9.17) is 4.98 Å². The highest BCUT2D eigenvalue weighted by Gasteiger charge is 2.21. The summed E-state index contributed by atoms with van der Waals surface area (Å²) in [7, 11) is 0. The van der Waals surface area contributed by atoms with Gasteiger partial charge in [-0.3, -0.25) is 9.59 Å². The summed E-state index contributed by atoms with van der Waals surface area (Å²) in [6.07, 6.45) is 0.825. The quantitative estimate of drug-likeness (QED) is 0.488. The summed E-state index contributed by atoms with van der Waals surface area (Å²) < 4.78 is 3.28. The Morgan fingerprint density at radius 3 is 2.38 bits per heavy atom. The van der Waals surface area contributed by atoms with Gasteiger partial charge >= 0.3 is 0 Å². The number of nitrogens with zero attached hydrogens (tertiary/aromatic N) is 4. The van der Waals surface area contributed by atoms with E-state index < -0.39 is 0 Å². The molecule has 32 heavy (non-hydrogen) atoms. The number of carbonyl (C=O) groups excluding carboxylic acids is 1. The van der Waals surface area contributed by atoms with Gasteiger partial charge in [0, 0.05) is 22.9 Å². The second-order valence-corrected chi connectivity index (χ2v) is 8.01. The van der Waals surface area contributed by atoms with Crippen molar-refractivity contribution in [2.75, 3.05) is 0 Å². The first-order valence-electron chi connectivity index (χ1n) is 10.9. The zero-order chi connectivity index (χ0) is 22.7. The number of fused-ring (bicyclic) bond motifs is 1. The number of nitrogens with one attached hydrogen (secondary N) is 1. The molecule has 2 aromatic heterocycles. The van der Waals surface area contributed by atoms with E-state index in [0.717, 1.165) is 23.2 Å². The lowest BCUT2D eigenvalue weighted by molar-refractivity contribution is -0.121. The highest BCUT2D eigenvalue weighted by atomic mass is 16.2. The van der Waals surface area contributed by atoms with Gasteiger partial charge < -0.3 is 9.88 Å². The van der Waals surface area contributed by atoms with E-state index in [0.29, 0.717) is 23.7 Å². The van der Waals surface area contributed by atoms with Gasteiger partial charge in [0.2, 0.25) is 11.7 Å². The van der Waals surface area contributed by atoms with E-state index >= 15 is 0 Å². The van der Waals surface area contributed by atoms with Crippen LogP contribution in [0.1, 0.15) is 37.1 Å². The zero-order valence-electron chi connectivity index (χ0n) is 18.6. The van der Waals surface area contributed by atoms with Crippen LogP contribution < -0.4 is 10.9 Å². The molecule has 0 bridgehead atoms. The van der Waals surface area contributed by atoms with Crippen LogP contribution in [0.4, 0.5) is 0 Å². The third kappa shape index (κ3) is 4.32. The molecule has 0 aliphatic carbocycles. The van der Waals surface area contributed by atoms with Gasteiger partial charge in [-0.2, -0.15) is 9.50 Å². The maximum Gasteiger partial charge on any atom is 0.279 e. The summed E-state index contributed by atoms with van der Waals surface area (Å²) in [4.78, 5) is 30.7. The van der Waals surface area contributed by atoms with Crippen LogP contribution in [0.25, 0.3) is 17.2 Å². The molecule has 7 nitrogen and oxygen atoms in total. The molecule has 0 spiro atoms. The average molecular weight is 430 g/mol. The van der Waals surface area contributed by atoms with Gasteiger partial charge in [0.15, 0.2) is 5.82 Å². The predicted molar refractivity (Wildman–Crippen MR) is 125 cm³/mol. The molecule has 1 N–H and O–H groups in total. The maximum absolute atomic E-state index is 13.4. The molecule has 1 atom stereocenters. The fraction of sp³-hybridized carbons (Fsp3) is 0.280. The van der Waals surface area contributed by atoms with E-state index in [1.54, 1.807) is 0 Å². The Bertz CT molecular complexity index is 1290. The van der Waals surface area contributed by atoms with E-state index in [9.17, 15) is 9.59 Å². The Labute approximate surface area is 186 Å². The van der Waals surface area contributed by atoms with Crippen molar-refractivity contribution in [3.63, 3.8) is 0 Å². The lowest BCUT2D eigenvalue weighted by Crippen LogP contribution is -2.36. The molecule has 1 unspecified atom stereocenters. The van der Waals surface area contributed by atoms with Gasteiger partial charge in [0.25, 0.3) is 5.56 Å². The van der Waals surface area contributed by atoms with E-state index in [1.807, 2.05) is 86.0 Å². The van der Waals surface area contributed by atoms with Crippen molar-refractivity contribution in [1.82, 2.24) is 24.5 Å². The topological polar surface area (TPSA) is 81.3 Å².